The van der Waals surface area contributed by atoms with Crippen LogP contribution in [0.25, 0.3) is 10.9 Å². The van der Waals surface area contributed by atoms with Crippen LogP contribution in [0.1, 0.15) is 34.7 Å². The monoisotopic (exact) mass is 394 g/mol. The molecule has 0 aliphatic carbocycles. The van der Waals surface area contributed by atoms with E-state index in [9.17, 15) is 8.42 Å². The Kier molecular flexibility index (Phi) is 4.12. The number of hydrogen-bond donors (Lipinski definition) is 2. The molecular weight excluding hydrogens is 372 g/mol. The average molecular weight is 395 g/mol. The molecule has 3 N–H and O–H groups in total. The third-order valence-electron chi connectivity index (χ3n) is 5.62. The summed E-state index contributed by atoms with van der Waals surface area (Å²) in [6.07, 6.45) is 3.03. The van der Waals surface area contributed by atoms with Gasteiger partial charge in [-0.05, 0) is 54.8 Å². The molecule has 1 aliphatic heterocycles. The summed E-state index contributed by atoms with van der Waals surface area (Å²) in [6.45, 7) is 4.90. The number of fused-ring (bicyclic) bond motifs is 2. The van der Waals surface area contributed by atoms with E-state index in [2.05, 4.69) is 16.0 Å². The van der Waals surface area contributed by atoms with Gasteiger partial charge in [0.1, 0.15) is 0 Å². The van der Waals surface area contributed by atoms with Crippen molar-refractivity contribution in [3.05, 3.63) is 64.3 Å². The standard InChI is InChI=1S/C21H22N4O2S/c1-13-8-18(28(3,26)27)19(17-6-7-24-20(13)17)21(2,23)25-11-15-5-4-14(10-22)9-16(15)12-25/h4-9,24H,11-12,23H2,1-3H3. The minimum absolute atomic E-state index is 0.260. The Morgan fingerprint density at radius 2 is 1.93 bits per heavy atom. The SMILES string of the molecule is Cc1cc(S(C)(=O)=O)c(C(C)(N)N2Cc3ccc(C#N)cc3C2)c2cc[nH]c12. The van der Waals surface area contributed by atoms with Crippen LogP contribution in [0.5, 0.6) is 0 Å². The van der Waals surface area contributed by atoms with Crippen molar-refractivity contribution < 1.29 is 8.42 Å². The highest BCUT2D eigenvalue weighted by molar-refractivity contribution is 7.90. The van der Waals surface area contributed by atoms with E-state index in [1.54, 1.807) is 18.3 Å². The highest BCUT2D eigenvalue weighted by Gasteiger charge is 2.38. The minimum Gasteiger partial charge on any atom is -0.361 e. The number of aromatic amines is 1. The Balaban J connectivity index is 1.89. The van der Waals surface area contributed by atoms with Crippen LogP contribution in [0, 0.1) is 18.3 Å². The summed E-state index contributed by atoms with van der Waals surface area (Å²) in [4.78, 5) is 5.52. The Hall–Kier alpha value is -2.66. The predicted molar refractivity (Wildman–Crippen MR) is 108 cm³/mol. The Labute approximate surface area is 164 Å². The van der Waals surface area contributed by atoms with Crippen LogP contribution in [0.3, 0.4) is 0 Å². The second kappa shape index (κ2) is 6.17. The number of nitrogens with zero attached hydrogens (tertiary/aromatic N) is 2. The van der Waals surface area contributed by atoms with Crippen molar-refractivity contribution >= 4 is 20.7 Å². The fourth-order valence-corrected chi connectivity index (χ4v) is 5.22. The quantitative estimate of drug-likeness (QED) is 0.711. The van der Waals surface area contributed by atoms with E-state index >= 15 is 0 Å². The maximum Gasteiger partial charge on any atom is 0.175 e. The Morgan fingerprint density at radius 3 is 2.61 bits per heavy atom. The summed E-state index contributed by atoms with van der Waals surface area (Å²) in [5, 5.41) is 9.98. The molecule has 0 saturated heterocycles. The Bertz CT molecular complexity index is 1250. The van der Waals surface area contributed by atoms with Gasteiger partial charge in [0.2, 0.25) is 0 Å². The van der Waals surface area contributed by atoms with Crippen molar-refractivity contribution in [2.24, 2.45) is 5.73 Å². The number of aromatic nitrogens is 1. The third-order valence-corrected chi connectivity index (χ3v) is 6.75. The van der Waals surface area contributed by atoms with Gasteiger partial charge >= 0.3 is 0 Å². The van der Waals surface area contributed by atoms with E-state index in [4.69, 9.17) is 11.0 Å². The fourth-order valence-electron chi connectivity index (χ4n) is 4.14. The molecule has 144 valence electrons. The van der Waals surface area contributed by atoms with E-state index in [-0.39, 0.29) is 4.90 Å². The number of aryl methyl sites for hydroxylation is 1. The van der Waals surface area contributed by atoms with Gasteiger partial charge in [0.05, 0.1) is 22.2 Å². The zero-order valence-electron chi connectivity index (χ0n) is 16.1. The predicted octanol–water partition coefficient (Wildman–Crippen LogP) is 2.90. The third kappa shape index (κ3) is 2.81. The minimum atomic E-state index is -3.48. The maximum absolute atomic E-state index is 12.6. The molecule has 6 nitrogen and oxygen atoms in total. The van der Waals surface area contributed by atoms with E-state index in [0.717, 1.165) is 27.6 Å². The molecule has 0 bridgehead atoms. The molecule has 3 aromatic rings. The number of nitrogens with two attached hydrogens (primary N) is 1. The first-order chi connectivity index (χ1) is 13.1. The highest BCUT2D eigenvalue weighted by atomic mass is 32.2. The van der Waals surface area contributed by atoms with Crippen molar-refractivity contribution in [2.75, 3.05) is 6.26 Å². The van der Waals surface area contributed by atoms with Crippen LogP contribution >= 0.6 is 0 Å². The van der Waals surface area contributed by atoms with Gasteiger partial charge in [-0.3, -0.25) is 4.90 Å². The first-order valence-corrected chi connectivity index (χ1v) is 10.9. The van der Waals surface area contributed by atoms with Gasteiger partial charge in [0.25, 0.3) is 0 Å². The maximum atomic E-state index is 12.6. The van der Waals surface area contributed by atoms with Gasteiger partial charge in [-0.2, -0.15) is 5.26 Å². The number of nitrogens with one attached hydrogen (secondary N) is 1. The highest BCUT2D eigenvalue weighted by Crippen LogP contribution is 2.40. The van der Waals surface area contributed by atoms with Crippen molar-refractivity contribution in [3.63, 3.8) is 0 Å². The molecule has 0 fully saturated rings. The second-order valence-corrected chi connectivity index (χ2v) is 9.69. The fraction of sp³-hybridized carbons (Fsp3) is 0.286. The smallest absolute Gasteiger partial charge is 0.175 e. The topological polar surface area (TPSA) is 103 Å². The van der Waals surface area contributed by atoms with Gasteiger partial charge in [0, 0.05) is 42.0 Å². The molecule has 0 amide bonds. The van der Waals surface area contributed by atoms with Crippen LogP contribution in [0.4, 0.5) is 0 Å². The molecule has 1 atom stereocenters. The molecule has 7 heteroatoms. The largest absolute Gasteiger partial charge is 0.361 e. The summed E-state index contributed by atoms with van der Waals surface area (Å²) in [6, 6.07) is 11.4. The molecule has 4 rings (SSSR count). The number of rotatable bonds is 3. The lowest BCUT2D eigenvalue weighted by molar-refractivity contribution is 0.104. The van der Waals surface area contributed by atoms with Crippen molar-refractivity contribution in [1.82, 2.24) is 9.88 Å². The molecule has 1 unspecified atom stereocenters. The summed E-state index contributed by atoms with van der Waals surface area (Å²) in [7, 11) is -3.48. The van der Waals surface area contributed by atoms with Crippen LogP contribution in [-0.2, 0) is 28.6 Å². The Morgan fingerprint density at radius 1 is 1.21 bits per heavy atom. The van der Waals surface area contributed by atoms with Crippen LogP contribution in [0.15, 0.2) is 41.4 Å². The normalized spacial score (nSPS) is 16.7. The molecule has 0 radical (unpaired) electrons. The van der Waals surface area contributed by atoms with Gasteiger partial charge < -0.3 is 10.7 Å². The first kappa shape index (κ1) is 18.7. The number of sulfone groups is 1. The number of benzene rings is 2. The van der Waals surface area contributed by atoms with E-state index in [1.807, 2.05) is 32.0 Å². The van der Waals surface area contributed by atoms with E-state index < -0.39 is 15.5 Å². The van der Waals surface area contributed by atoms with Gasteiger partial charge in [-0.15, -0.1) is 0 Å². The molecule has 0 saturated carbocycles. The average Bonchev–Trinajstić information content (AvgIpc) is 3.27. The van der Waals surface area contributed by atoms with Crippen molar-refractivity contribution in [2.45, 2.75) is 37.5 Å². The van der Waals surface area contributed by atoms with Crippen LogP contribution < -0.4 is 5.73 Å². The van der Waals surface area contributed by atoms with Gasteiger partial charge in [-0.25, -0.2) is 8.42 Å². The number of H-pyrrole nitrogens is 1. The summed E-state index contributed by atoms with van der Waals surface area (Å²) in [5.74, 6) is 0. The lowest BCUT2D eigenvalue weighted by Crippen LogP contribution is -2.49. The van der Waals surface area contributed by atoms with E-state index in [0.29, 0.717) is 24.2 Å². The molecule has 2 heterocycles. The molecule has 2 aromatic carbocycles. The van der Waals surface area contributed by atoms with Crippen molar-refractivity contribution in [3.8, 4) is 6.07 Å². The zero-order chi connectivity index (χ0) is 20.3. The first-order valence-electron chi connectivity index (χ1n) is 9.00. The van der Waals surface area contributed by atoms with Gasteiger partial charge in [0.15, 0.2) is 9.84 Å². The lowest BCUT2D eigenvalue weighted by atomic mass is 9.95. The molecule has 1 aromatic heterocycles. The van der Waals surface area contributed by atoms with Crippen LogP contribution in [0.2, 0.25) is 0 Å². The lowest BCUT2D eigenvalue weighted by Gasteiger charge is -2.37. The summed E-state index contributed by atoms with van der Waals surface area (Å²) in [5.41, 5.74) is 11.0. The summed E-state index contributed by atoms with van der Waals surface area (Å²) < 4.78 is 25.2. The second-order valence-electron chi connectivity index (χ2n) is 7.70. The number of hydrogen-bond acceptors (Lipinski definition) is 5. The number of nitriles is 1. The molecule has 0 spiro atoms. The van der Waals surface area contributed by atoms with Crippen LogP contribution in [-0.4, -0.2) is 24.6 Å². The molecule has 28 heavy (non-hydrogen) atoms. The van der Waals surface area contributed by atoms with Gasteiger partial charge in [-0.1, -0.05) is 6.07 Å². The molecule has 1 aliphatic rings. The summed E-state index contributed by atoms with van der Waals surface area (Å²) >= 11 is 0. The van der Waals surface area contributed by atoms with E-state index in [1.165, 1.54) is 6.26 Å². The zero-order valence-corrected chi connectivity index (χ0v) is 16.9. The molecular formula is C21H22N4O2S. The van der Waals surface area contributed by atoms with Crippen molar-refractivity contribution in [1.29, 1.82) is 5.26 Å².